The van der Waals surface area contributed by atoms with Crippen LogP contribution in [0.2, 0.25) is 0 Å². The molecular weight excluding hydrogens is 326 g/mol. The molecule has 0 N–H and O–H groups in total. The highest BCUT2D eigenvalue weighted by atomic mass is 16.5. The third-order valence-corrected chi connectivity index (χ3v) is 4.90. The molecule has 0 spiro atoms. The van der Waals surface area contributed by atoms with Gasteiger partial charge in [-0.3, -0.25) is 9.48 Å². The maximum absolute atomic E-state index is 13.2. The molecular formula is C21H21N3O2. The van der Waals surface area contributed by atoms with Gasteiger partial charge in [-0.15, -0.1) is 0 Å². The first kappa shape index (κ1) is 16.4. The van der Waals surface area contributed by atoms with Crippen molar-refractivity contribution in [3.63, 3.8) is 0 Å². The van der Waals surface area contributed by atoms with Gasteiger partial charge in [0, 0.05) is 30.9 Å². The molecule has 0 unspecified atom stereocenters. The van der Waals surface area contributed by atoms with Crippen molar-refractivity contribution in [3.05, 3.63) is 65.4 Å². The number of aromatic nitrogens is 2. The predicted octanol–water partition coefficient (Wildman–Crippen LogP) is 3.82. The van der Waals surface area contributed by atoms with Gasteiger partial charge < -0.3 is 9.64 Å². The molecule has 0 aliphatic carbocycles. The molecule has 0 atom stereocenters. The van der Waals surface area contributed by atoms with Gasteiger partial charge in [-0.25, -0.2) is 0 Å². The molecule has 0 bridgehead atoms. The van der Waals surface area contributed by atoms with E-state index in [2.05, 4.69) is 12.0 Å². The lowest BCUT2D eigenvalue weighted by atomic mass is 10.0. The zero-order valence-corrected chi connectivity index (χ0v) is 15.2. The van der Waals surface area contributed by atoms with Crippen molar-refractivity contribution in [2.24, 2.45) is 7.05 Å². The molecule has 0 fully saturated rings. The lowest BCUT2D eigenvalue weighted by Crippen LogP contribution is -2.29. The molecule has 1 aliphatic heterocycles. The summed E-state index contributed by atoms with van der Waals surface area (Å²) < 4.78 is 7.64. The van der Waals surface area contributed by atoms with E-state index in [1.807, 2.05) is 55.6 Å². The normalized spacial score (nSPS) is 12.1. The Hall–Kier alpha value is -3.08. The monoisotopic (exact) mass is 347 g/mol. The number of ether oxygens (including phenoxy) is 1. The Balaban J connectivity index is 1.77. The predicted molar refractivity (Wildman–Crippen MR) is 102 cm³/mol. The van der Waals surface area contributed by atoms with E-state index in [4.69, 9.17) is 4.74 Å². The molecule has 0 saturated carbocycles. The smallest absolute Gasteiger partial charge is 0.278 e. The zero-order valence-electron chi connectivity index (χ0n) is 15.2. The van der Waals surface area contributed by atoms with Crippen LogP contribution in [0, 0.1) is 0 Å². The average Bonchev–Trinajstić information content (AvgIpc) is 3.03. The minimum atomic E-state index is -0.120. The van der Waals surface area contributed by atoms with Gasteiger partial charge in [-0.1, -0.05) is 37.3 Å². The fraction of sp³-hybridized carbons (Fsp3) is 0.238. The van der Waals surface area contributed by atoms with Crippen molar-refractivity contribution >= 4 is 11.6 Å². The SMILES string of the molecule is CCc1ccccc1N(C)C(=O)c1nn(C)c2c1COc1ccccc1-2. The molecule has 5 nitrogen and oxygen atoms in total. The van der Waals surface area contributed by atoms with E-state index in [1.54, 1.807) is 16.6 Å². The van der Waals surface area contributed by atoms with Gasteiger partial charge in [0.15, 0.2) is 5.69 Å². The van der Waals surface area contributed by atoms with E-state index in [-0.39, 0.29) is 5.91 Å². The van der Waals surface area contributed by atoms with Gasteiger partial charge in [0.05, 0.1) is 5.69 Å². The van der Waals surface area contributed by atoms with Crippen molar-refractivity contribution in [3.8, 4) is 17.0 Å². The summed E-state index contributed by atoms with van der Waals surface area (Å²) in [6.45, 7) is 2.44. The van der Waals surface area contributed by atoms with Gasteiger partial charge in [-0.2, -0.15) is 5.10 Å². The van der Waals surface area contributed by atoms with E-state index in [1.165, 1.54) is 0 Å². The lowest BCUT2D eigenvalue weighted by Gasteiger charge is -2.21. The number of hydrogen-bond acceptors (Lipinski definition) is 3. The topological polar surface area (TPSA) is 47.4 Å². The molecule has 1 amide bonds. The molecule has 132 valence electrons. The highest BCUT2D eigenvalue weighted by molar-refractivity contribution is 6.06. The standard InChI is InChI=1S/C21H21N3O2/c1-4-14-9-5-7-11-17(14)23(2)21(25)19-16-13-26-18-12-8-6-10-15(18)20(16)24(3)22-19/h5-12H,4,13H2,1-3H3. The van der Waals surface area contributed by atoms with Crippen LogP contribution < -0.4 is 9.64 Å². The third-order valence-electron chi connectivity index (χ3n) is 4.90. The second-order valence-corrected chi connectivity index (χ2v) is 6.43. The molecule has 1 aromatic heterocycles. The Kier molecular flexibility index (Phi) is 3.99. The van der Waals surface area contributed by atoms with Gasteiger partial charge >= 0.3 is 0 Å². The number of fused-ring (bicyclic) bond motifs is 3. The summed E-state index contributed by atoms with van der Waals surface area (Å²) in [7, 11) is 3.67. The molecule has 0 saturated heterocycles. The van der Waals surface area contributed by atoms with E-state index < -0.39 is 0 Å². The van der Waals surface area contributed by atoms with Crippen molar-refractivity contribution < 1.29 is 9.53 Å². The zero-order chi connectivity index (χ0) is 18.3. The second-order valence-electron chi connectivity index (χ2n) is 6.43. The number of nitrogens with zero attached hydrogens (tertiary/aromatic N) is 3. The Morgan fingerprint density at radius 3 is 2.73 bits per heavy atom. The van der Waals surface area contributed by atoms with Crippen LogP contribution in [0.3, 0.4) is 0 Å². The molecule has 1 aliphatic rings. The van der Waals surface area contributed by atoms with Crippen LogP contribution in [0.4, 0.5) is 5.69 Å². The van der Waals surface area contributed by atoms with E-state index in [0.29, 0.717) is 12.3 Å². The number of para-hydroxylation sites is 2. The second kappa shape index (κ2) is 6.33. The van der Waals surface area contributed by atoms with Gasteiger partial charge in [0.25, 0.3) is 5.91 Å². The summed E-state index contributed by atoms with van der Waals surface area (Å²) in [5, 5.41) is 4.54. The molecule has 2 heterocycles. The first-order valence-corrected chi connectivity index (χ1v) is 8.75. The number of rotatable bonds is 3. The number of carbonyl (C=O) groups is 1. The fourth-order valence-corrected chi connectivity index (χ4v) is 3.56. The Morgan fingerprint density at radius 2 is 1.92 bits per heavy atom. The highest BCUT2D eigenvalue weighted by Gasteiger charge is 2.30. The van der Waals surface area contributed by atoms with E-state index in [0.717, 1.165) is 40.2 Å². The van der Waals surface area contributed by atoms with E-state index in [9.17, 15) is 4.79 Å². The Labute approximate surface area is 152 Å². The fourth-order valence-electron chi connectivity index (χ4n) is 3.56. The Bertz CT molecular complexity index is 991. The van der Waals surface area contributed by atoms with Crippen molar-refractivity contribution in [1.82, 2.24) is 9.78 Å². The molecule has 26 heavy (non-hydrogen) atoms. The van der Waals surface area contributed by atoms with Crippen LogP contribution >= 0.6 is 0 Å². The van der Waals surface area contributed by atoms with Crippen LogP contribution in [0.1, 0.15) is 28.5 Å². The molecule has 4 rings (SSSR count). The largest absolute Gasteiger partial charge is 0.488 e. The van der Waals surface area contributed by atoms with Crippen LogP contribution in [0.15, 0.2) is 48.5 Å². The summed E-state index contributed by atoms with van der Waals surface area (Å²) >= 11 is 0. The maximum atomic E-state index is 13.2. The van der Waals surface area contributed by atoms with Gasteiger partial charge in [-0.05, 0) is 30.2 Å². The number of carbonyl (C=O) groups excluding carboxylic acids is 1. The van der Waals surface area contributed by atoms with Gasteiger partial charge in [0.1, 0.15) is 12.4 Å². The first-order valence-electron chi connectivity index (χ1n) is 8.75. The summed E-state index contributed by atoms with van der Waals surface area (Å²) in [5.41, 5.74) is 5.26. The molecule has 2 aromatic carbocycles. The van der Waals surface area contributed by atoms with Crippen molar-refractivity contribution in [2.45, 2.75) is 20.0 Å². The first-order chi connectivity index (χ1) is 12.6. The summed E-state index contributed by atoms with van der Waals surface area (Å²) in [5.74, 6) is 0.706. The summed E-state index contributed by atoms with van der Waals surface area (Å²) in [6, 6.07) is 15.8. The van der Waals surface area contributed by atoms with Crippen LogP contribution in [0.5, 0.6) is 5.75 Å². The quantitative estimate of drug-likeness (QED) is 0.724. The third kappa shape index (κ3) is 2.47. The number of hydrogen-bond donors (Lipinski definition) is 0. The summed E-state index contributed by atoms with van der Waals surface area (Å²) in [4.78, 5) is 14.9. The number of aryl methyl sites for hydroxylation is 2. The van der Waals surface area contributed by atoms with Crippen LogP contribution in [-0.4, -0.2) is 22.7 Å². The summed E-state index contributed by atoms with van der Waals surface area (Å²) in [6.07, 6.45) is 0.866. The lowest BCUT2D eigenvalue weighted by molar-refractivity contribution is 0.0985. The van der Waals surface area contributed by atoms with E-state index >= 15 is 0 Å². The van der Waals surface area contributed by atoms with Crippen LogP contribution in [-0.2, 0) is 20.1 Å². The Morgan fingerprint density at radius 1 is 1.19 bits per heavy atom. The van der Waals surface area contributed by atoms with Crippen LogP contribution in [0.25, 0.3) is 11.3 Å². The number of benzene rings is 2. The van der Waals surface area contributed by atoms with Gasteiger partial charge in [0.2, 0.25) is 0 Å². The molecule has 5 heteroatoms. The highest BCUT2D eigenvalue weighted by Crippen LogP contribution is 2.38. The molecule has 0 radical (unpaired) electrons. The minimum absolute atomic E-state index is 0.120. The average molecular weight is 347 g/mol. The number of amides is 1. The van der Waals surface area contributed by atoms with Crippen molar-refractivity contribution in [1.29, 1.82) is 0 Å². The minimum Gasteiger partial charge on any atom is -0.488 e. The van der Waals surface area contributed by atoms with Crippen molar-refractivity contribution in [2.75, 3.05) is 11.9 Å². The number of anilines is 1. The maximum Gasteiger partial charge on any atom is 0.278 e. The molecule has 3 aromatic rings.